The summed E-state index contributed by atoms with van der Waals surface area (Å²) in [5.41, 5.74) is 6.34. The predicted octanol–water partition coefficient (Wildman–Crippen LogP) is 1.95. The standard InChI is InChI=1S/C15H24N2O3/c1-5-15(16,6-2)10-17-14(18)11-7-8-12(19-3)13(9-11)20-4/h7-9H,5-6,10,16H2,1-4H3,(H,17,18). The van der Waals surface area contributed by atoms with Gasteiger partial charge in [0.15, 0.2) is 11.5 Å². The van der Waals surface area contributed by atoms with Crippen LogP contribution in [0.25, 0.3) is 0 Å². The Balaban J connectivity index is 2.78. The van der Waals surface area contributed by atoms with E-state index in [9.17, 15) is 4.79 Å². The van der Waals surface area contributed by atoms with Gasteiger partial charge in [-0.05, 0) is 31.0 Å². The van der Waals surface area contributed by atoms with Gasteiger partial charge in [-0.15, -0.1) is 0 Å². The van der Waals surface area contributed by atoms with Crippen LogP contribution in [-0.2, 0) is 0 Å². The van der Waals surface area contributed by atoms with E-state index in [1.165, 1.54) is 0 Å². The zero-order chi connectivity index (χ0) is 15.2. The van der Waals surface area contributed by atoms with Crippen LogP contribution in [0.4, 0.5) is 0 Å². The van der Waals surface area contributed by atoms with E-state index in [4.69, 9.17) is 15.2 Å². The minimum atomic E-state index is -0.355. The van der Waals surface area contributed by atoms with Gasteiger partial charge in [-0.1, -0.05) is 13.8 Å². The van der Waals surface area contributed by atoms with E-state index in [1.54, 1.807) is 32.4 Å². The molecule has 0 fully saturated rings. The van der Waals surface area contributed by atoms with Crippen molar-refractivity contribution < 1.29 is 14.3 Å². The van der Waals surface area contributed by atoms with E-state index in [-0.39, 0.29) is 11.4 Å². The van der Waals surface area contributed by atoms with Crippen LogP contribution in [0, 0.1) is 0 Å². The Bertz CT molecular complexity index is 456. The molecule has 0 unspecified atom stereocenters. The normalized spacial score (nSPS) is 11.1. The second-order valence-corrected chi connectivity index (χ2v) is 4.82. The number of hydrogen-bond acceptors (Lipinski definition) is 4. The second-order valence-electron chi connectivity index (χ2n) is 4.82. The Labute approximate surface area is 120 Å². The monoisotopic (exact) mass is 280 g/mol. The van der Waals surface area contributed by atoms with Crippen LogP contribution < -0.4 is 20.5 Å². The Kier molecular flexibility index (Phi) is 5.82. The van der Waals surface area contributed by atoms with Crippen LogP contribution in [-0.4, -0.2) is 32.2 Å². The first-order chi connectivity index (χ1) is 9.49. The minimum absolute atomic E-state index is 0.164. The fraction of sp³-hybridized carbons (Fsp3) is 0.533. The number of methoxy groups -OCH3 is 2. The zero-order valence-electron chi connectivity index (χ0n) is 12.7. The molecule has 1 aromatic carbocycles. The third-order valence-corrected chi connectivity index (χ3v) is 3.65. The minimum Gasteiger partial charge on any atom is -0.493 e. The van der Waals surface area contributed by atoms with Crippen LogP contribution in [0.2, 0.25) is 0 Å². The van der Waals surface area contributed by atoms with E-state index < -0.39 is 0 Å². The lowest BCUT2D eigenvalue weighted by Crippen LogP contribution is -2.49. The summed E-state index contributed by atoms with van der Waals surface area (Å²) in [6, 6.07) is 5.07. The molecule has 0 saturated heterocycles. The third-order valence-electron chi connectivity index (χ3n) is 3.65. The molecule has 5 heteroatoms. The van der Waals surface area contributed by atoms with Gasteiger partial charge >= 0.3 is 0 Å². The summed E-state index contributed by atoms with van der Waals surface area (Å²) in [7, 11) is 3.10. The van der Waals surface area contributed by atoms with Gasteiger partial charge in [0.2, 0.25) is 0 Å². The van der Waals surface area contributed by atoms with Crippen molar-refractivity contribution in [1.82, 2.24) is 5.32 Å². The Morgan fingerprint density at radius 3 is 2.30 bits per heavy atom. The maximum Gasteiger partial charge on any atom is 0.251 e. The number of benzene rings is 1. The van der Waals surface area contributed by atoms with Crippen LogP contribution in [0.1, 0.15) is 37.0 Å². The number of carbonyl (C=O) groups is 1. The summed E-state index contributed by atoms with van der Waals surface area (Å²) in [5, 5.41) is 2.87. The molecular weight excluding hydrogens is 256 g/mol. The molecule has 0 bridgehead atoms. The lowest BCUT2D eigenvalue weighted by atomic mass is 9.94. The number of carbonyl (C=O) groups excluding carboxylic acids is 1. The average Bonchev–Trinajstić information content (AvgIpc) is 2.51. The molecule has 1 amide bonds. The van der Waals surface area contributed by atoms with Crippen molar-refractivity contribution in [2.45, 2.75) is 32.2 Å². The largest absolute Gasteiger partial charge is 0.493 e. The number of hydrogen-bond donors (Lipinski definition) is 2. The van der Waals surface area contributed by atoms with Crippen molar-refractivity contribution in [3.05, 3.63) is 23.8 Å². The summed E-state index contributed by atoms with van der Waals surface area (Å²) in [4.78, 5) is 12.1. The molecule has 0 heterocycles. The Hall–Kier alpha value is -1.75. The summed E-state index contributed by atoms with van der Waals surface area (Å²) in [5.74, 6) is 0.965. The highest BCUT2D eigenvalue weighted by Gasteiger charge is 2.21. The first kappa shape index (κ1) is 16.3. The van der Waals surface area contributed by atoms with Gasteiger partial charge in [0.1, 0.15) is 0 Å². The second kappa shape index (κ2) is 7.14. The molecule has 1 rings (SSSR count). The molecule has 0 aliphatic rings. The van der Waals surface area contributed by atoms with Crippen LogP contribution in [0.3, 0.4) is 0 Å². The summed E-state index contributed by atoms with van der Waals surface area (Å²) >= 11 is 0. The maximum absolute atomic E-state index is 12.1. The maximum atomic E-state index is 12.1. The van der Waals surface area contributed by atoms with Crippen molar-refractivity contribution in [3.8, 4) is 11.5 Å². The smallest absolute Gasteiger partial charge is 0.251 e. The molecule has 0 aliphatic carbocycles. The van der Waals surface area contributed by atoms with E-state index in [2.05, 4.69) is 5.32 Å². The topological polar surface area (TPSA) is 73.6 Å². The van der Waals surface area contributed by atoms with Gasteiger partial charge in [-0.25, -0.2) is 0 Å². The predicted molar refractivity (Wildman–Crippen MR) is 79.4 cm³/mol. The molecule has 0 saturated carbocycles. The van der Waals surface area contributed by atoms with E-state index in [0.29, 0.717) is 23.6 Å². The third kappa shape index (κ3) is 3.87. The highest BCUT2D eigenvalue weighted by molar-refractivity contribution is 5.94. The highest BCUT2D eigenvalue weighted by Crippen LogP contribution is 2.27. The number of ether oxygens (including phenoxy) is 2. The Morgan fingerprint density at radius 2 is 1.80 bits per heavy atom. The van der Waals surface area contributed by atoms with Crippen molar-refractivity contribution in [2.75, 3.05) is 20.8 Å². The van der Waals surface area contributed by atoms with Gasteiger partial charge in [0.05, 0.1) is 14.2 Å². The van der Waals surface area contributed by atoms with Gasteiger partial charge in [-0.3, -0.25) is 4.79 Å². The van der Waals surface area contributed by atoms with Crippen molar-refractivity contribution in [3.63, 3.8) is 0 Å². The Morgan fingerprint density at radius 1 is 1.20 bits per heavy atom. The molecule has 1 aromatic rings. The summed E-state index contributed by atoms with van der Waals surface area (Å²) < 4.78 is 10.3. The molecule has 3 N–H and O–H groups in total. The molecule has 0 spiro atoms. The lowest BCUT2D eigenvalue weighted by Gasteiger charge is -2.26. The molecule has 0 aliphatic heterocycles. The van der Waals surface area contributed by atoms with E-state index in [0.717, 1.165) is 12.8 Å². The number of nitrogens with one attached hydrogen (secondary N) is 1. The number of amides is 1. The number of rotatable bonds is 7. The van der Waals surface area contributed by atoms with Crippen molar-refractivity contribution in [2.24, 2.45) is 5.73 Å². The molecule has 0 radical (unpaired) electrons. The lowest BCUT2D eigenvalue weighted by molar-refractivity contribution is 0.0941. The van der Waals surface area contributed by atoms with Crippen LogP contribution in [0.5, 0.6) is 11.5 Å². The molecule has 5 nitrogen and oxygen atoms in total. The quantitative estimate of drug-likeness (QED) is 0.800. The average molecular weight is 280 g/mol. The molecule has 0 aromatic heterocycles. The van der Waals surface area contributed by atoms with Gasteiger partial charge in [-0.2, -0.15) is 0 Å². The summed E-state index contributed by atoms with van der Waals surface area (Å²) in [6.45, 7) is 4.49. The molecule has 0 atom stereocenters. The first-order valence-electron chi connectivity index (χ1n) is 6.78. The van der Waals surface area contributed by atoms with E-state index in [1.807, 2.05) is 13.8 Å². The fourth-order valence-corrected chi connectivity index (χ4v) is 1.84. The molecule has 112 valence electrons. The van der Waals surface area contributed by atoms with Crippen molar-refractivity contribution >= 4 is 5.91 Å². The van der Waals surface area contributed by atoms with Gasteiger partial charge in [0.25, 0.3) is 5.91 Å². The zero-order valence-corrected chi connectivity index (χ0v) is 12.7. The molecule has 20 heavy (non-hydrogen) atoms. The fourth-order valence-electron chi connectivity index (χ4n) is 1.84. The van der Waals surface area contributed by atoms with Crippen molar-refractivity contribution in [1.29, 1.82) is 0 Å². The van der Waals surface area contributed by atoms with E-state index >= 15 is 0 Å². The number of nitrogens with two attached hydrogens (primary N) is 1. The van der Waals surface area contributed by atoms with Crippen LogP contribution >= 0.6 is 0 Å². The first-order valence-corrected chi connectivity index (χ1v) is 6.78. The van der Waals surface area contributed by atoms with Gasteiger partial charge in [0, 0.05) is 17.6 Å². The van der Waals surface area contributed by atoms with Crippen LogP contribution in [0.15, 0.2) is 18.2 Å². The highest BCUT2D eigenvalue weighted by atomic mass is 16.5. The molecular formula is C15H24N2O3. The summed E-state index contributed by atoms with van der Waals surface area (Å²) in [6.07, 6.45) is 1.63. The SMILES string of the molecule is CCC(N)(CC)CNC(=O)c1ccc(OC)c(OC)c1. The van der Waals surface area contributed by atoms with Gasteiger partial charge < -0.3 is 20.5 Å².